The third kappa shape index (κ3) is 3.46. The minimum absolute atomic E-state index is 0.145. The maximum absolute atomic E-state index is 14.2. The summed E-state index contributed by atoms with van der Waals surface area (Å²) in [5.74, 6) is 0.00323. The molecular formula is C17H17FN8O. The molecule has 1 aliphatic carbocycles. The molecule has 0 aliphatic heterocycles. The first-order valence-corrected chi connectivity index (χ1v) is 8.52. The quantitative estimate of drug-likeness (QED) is 0.607. The third-order valence-corrected chi connectivity index (χ3v) is 4.73. The van der Waals surface area contributed by atoms with Crippen LogP contribution in [0.4, 0.5) is 16.2 Å². The van der Waals surface area contributed by atoms with Crippen molar-refractivity contribution in [2.24, 2.45) is 0 Å². The second-order valence-electron chi connectivity index (χ2n) is 6.42. The predicted octanol–water partition coefficient (Wildman–Crippen LogP) is 1.91. The molecule has 1 aliphatic rings. The first-order chi connectivity index (χ1) is 13.2. The van der Waals surface area contributed by atoms with Gasteiger partial charge in [-0.15, -0.1) is 20.4 Å². The van der Waals surface area contributed by atoms with Crippen LogP contribution in [0.5, 0.6) is 0 Å². The lowest BCUT2D eigenvalue weighted by Crippen LogP contribution is -2.42. The summed E-state index contributed by atoms with van der Waals surface area (Å²) in [6.07, 6.45) is 5.72. The number of halogens is 1. The van der Waals surface area contributed by atoms with Crippen molar-refractivity contribution in [2.75, 3.05) is 17.2 Å². The summed E-state index contributed by atoms with van der Waals surface area (Å²) in [5.41, 5.74) is 0.292. The number of nitrogens with one attached hydrogen (secondary N) is 3. The van der Waals surface area contributed by atoms with Crippen LogP contribution in [0.15, 0.2) is 36.8 Å². The lowest BCUT2D eigenvalue weighted by molar-refractivity contribution is 0.102. The second kappa shape index (κ2) is 7.06. The molecule has 0 bridgehead atoms. The Kier molecular flexibility index (Phi) is 4.45. The number of nitrogens with zero attached hydrogens (tertiary/aromatic N) is 5. The normalized spacial score (nSPS) is 15.0. The molecule has 4 rings (SSSR count). The lowest BCUT2D eigenvalue weighted by atomic mass is 9.66. The number of rotatable bonds is 6. The summed E-state index contributed by atoms with van der Waals surface area (Å²) in [4.78, 5) is 19.0. The van der Waals surface area contributed by atoms with E-state index in [4.69, 9.17) is 0 Å². The van der Waals surface area contributed by atoms with Gasteiger partial charge in [0.25, 0.3) is 5.91 Å². The first kappa shape index (κ1) is 17.0. The molecule has 3 aromatic rings. The predicted molar refractivity (Wildman–Crippen MR) is 94.6 cm³/mol. The molecule has 0 radical (unpaired) electrons. The van der Waals surface area contributed by atoms with Gasteiger partial charge >= 0.3 is 0 Å². The number of carbonyl (C=O) groups excluding carboxylic acids is 1. The van der Waals surface area contributed by atoms with Gasteiger partial charge in [-0.1, -0.05) is 6.42 Å². The van der Waals surface area contributed by atoms with Crippen molar-refractivity contribution in [3.8, 4) is 0 Å². The summed E-state index contributed by atoms with van der Waals surface area (Å²) < 4.78 is 14.2. The maximum atomic E-state index is 14.2. The molecule has 0 atom stereocenters. The molecule has 10 heteroatoms. The summed E-state index contributed by atoms with van der Waals surface area (Å²) in [7, 11) is 0. The molecule has 1 saturated carbocycles. The van der Waals surface area contributed by atoms with Gasteiger partial charge in [-0.3, -0.25) is 15.1 Å². The van der Waals surface area contributed by atoms with E-state index in [9.17, 15) is 9.18 Å². The molecular weight excluding hydrogens is 351 g/mol. The number of carbonyl (C=O) groups is 1. The number of hydrogen-bond donors (Lipinski definition) is 3. The van der Waals surface area contributed by atoms with Gasteiger partial charge in [0.2, 0.25) is 5.95 Å². The Morgan fingerprint density at radius 1 is 1.22 bits per heavy atom. The highest BCUT2D eigenvalue weighted by molar-refractivity contribution is 6.01. The van der Waals surface area contributed by atoms with Crippen LogP contribution in [0.25, 0.3) is 0 Å². The number of anilines is 2. The van der Waals surface area contributed by atoms with Crippen LogP contribution in [-0.4, -0.2) is 42.8 Å². The van der Waals surface area contributed by atoms with Crippen LogP contribution in [-0.2, 0) is 5.41 Å². The van der Waals surface area contributed by atoms with E-state index >= 15 is 0 Å². The van der Waals surface area contributed by atoms with Gasteiger partial charge < -0.3 is 10.3 Å². The van der Waals surface area contributed by atoms with E-state index in [2.05, 4.69) is 41.0 Å². The van der Waals surface area contributed by atoms with E-state index in [1.807, 2.05) is 0 Å². The fraction of sp³-hybridized carbons (Fsp3) is 0.294. The van der Waals surface area contributed by atoms with E-state index in [1.54, 1.807) is 24.4 Å². The van der Waals surface area contributed by atoms with Gasteiger partial charge in [0, 0.05) is 18.2 Å². The maximum Gasteiger partial charge on any atom is 0.278 e. The van der Waals surface area contributed by atoms with Gasteiger partial charge in [-0.05, 0) is 37.1 Å². The summed E-state index contributed by atoms with van der Waals surface area (Å²) >= 11 is 0. The van der Waals surface area contributed by atoms with Crippen LogP contribution in [0.1, 0.15) is 35.4 Å². The molecule has 1 amide bonds. The molecule has 1 fully saturated rings. The minimum atomic E-state index is -0.447. The molecule has 138 valence electrons. The number of hydrogen-bond acceptors (Lipinski definition) is 7. The van der Waals surface area contributed by atoms with E-state index in [0.717, 1.165) is 19.3 Å². The Morgan fingerprint density at radius 3 is 2.74 bits per heavy atom. The lowest BCUT2D eigenvalue weighted by Gasteiger charge is -2.41. The van der Waals surface area contributed by atoms with Crippen LogP contribution < -0.4 is 10.6 Å². The van der Waals surface area contributed by atoms with E-state index in [-0.39, 0.29) is 22.9 Å². The highest BCUT2D eigenvalue weighted by Gasteiger charge is 2.41. The van der Waals surface area contributed by atoms with Gasteiger partial charge in [-0.2, -0.15) is 0 Å². The summed E-state index contributed by atoms with van der Waals surface area (Å²) in [5, 5.41) is 20.9. The Morgan fingerprint density at radius 2 is 2.11 bits per heavy atom. The topological polar surface area (TPSA) is 121 Å². The van der Waals surface area contributed by atoms with E-state index in [1.165, 1.54) is 12.4 Å². The zero-order chi connectivity index (χ0) is 18.7. The smallest absolute Gasteiger partial charge is 0.278 e. The van der Waals surface area contributed by atoms with Crippen molar-refractivity contribution in [1.82, 2.24) is 30.4 Å². The molecule has 0 spiro atoms. The summed E-state index contributed by atoms with van der Waals surface area (Å²) in [6, 6.07) is 6.23. The standard InChI is InChI=1S/C17H17FN8O/c18-11-3-1-8-19-14(11)17(6-2-7-17)9-20-13-5-4-12(24-25-13)15(27)23-16-21-10-22-26-16/h1,3-5,8,10H,2,6-7,9H2,(H,20,25)(H2,21,22,23,26,27). The molecule has 9 nitrogen and oxygen atoms in total. The van der Waals surface area contributed by atoms with Gasteiger partial charge in [0.15, 0.2) is 5.69 Å². The van der Waals surface area contributed by atoms with Crippen molar-refractivity contribution in [1.29, 1.82) is 0 Å². The van der Waals surface area contributed by atoms with Crippen molar-refractivity contribution in [3.63, 3.8) is 0 Å². The summed E-state index contributed by atoms with van der Waals surface area (Å²) in [6.45, 7) is 0.499. The number of aromatic nitrogens is 6. The zero-order valence-corrected chi connectivity index (χ0v) is 14.3. The number of aromatic amines is 1. The van der Waals surface area contributed by atoms with Gasteiger partial charge in [0.1, 0.15) is 18.0 Å². The largest absolute Gasteiger partial charge is 0.368 e. The average molecular weight is 368 g/mol. The van der Waals surface area contributed by atoms with Crippen molar-refractivity contribution >= 4 is 17.7 Å². The Bertz CT molecular complexity index is 924. The van der Waals surface area contributed by atoms with Crippen LogP contribution in [0.2, 0.25) is 0 Å². The van der Waals surface area contributed by atoms with Crippen molar-refractivity contribution < 1.29 is 9.18 Å². The molecule has 3 N–H and O–H groups in total. The molecule has 0 aromatic carbocycles. The monoisotopic (exact) mass is 368 g/mol. The molecule has 0 saturated heterocycles. The van der Waals surface area contributed by atoms with E-state index < -0.39 is 5.91 Å². The Hall–Kier alpha value is -3.43. The zero-order valence-electron chi connectivity index (χ0n) is 14.3. The molecule has 27 heavy (non-hydrogen) atoms. The first-order valence-electron chi connectivity index (χ1n) is 8.52. The minimum Gasteiger partial charge on any atom is -0.368 e. The third-order valence-electron chi connectivity index (χ3n) is 4.73. The average Bonchev–Trinajstić information content (AvgIpc) is 3.15. The fourth-order valence-corrected chi connectivity index (χ4v) is 3.12. The van der Waals surface area contributed by atoms with Crippen molar-refractivity contribution in [3.05, 3.63) is 54.0 Å². The second-order valence-corrected chi connectivity index (χ2v) is 6.42. The molecule has 3 heterocycles. The Labute approximate surface area is 153 Å². The Balaban J connectivity index is 1.41. The highest BCUT2D eigenvalue weighted by atomic mass is 19.1. The number of amides is 1. The number of pyridine rings is 1. The molecule has 3 aromatic heterocycles. The number of H-pyrrole nitrogens is 1. The highest BCUT2D eigenvalue weighted by Crippen LogP contribution is 2.43. The van der Waals surface area contributed by atoms with Crippen LogP contribution in [0.3, 0.4) is 0 Å². The van der Waals surface area contributed by atoms with Crippen molar-refractivity contribution in [2.45, 2.75) is 24.7 Å². The van der Waals surface area contributed by atoms with E-state index in [0.29, 0.717) is 18.1 Å². The fourth-order valence-electron chi connectivity index (χ4n) is 3.12. The van der Waals surface area contributed by atoms with Gasteiger partial charge in [0.05, 0.1) is 5.69 Å². The van der Waals surface area contributed by atoms with Gasteiger partial charge in [-0.25, -0.2) is 4.39 Å². The van der Waals surface area contributed by atoms with Crippen LogP contribution >= 0.6 is 0 Å². The molecule has 0 unspecified atom stereocenters. The SMILES string of the molecule is O=C(Nc1nnc[nH]1)c1ccc(NCC2(c3ncccc3F)CCC2)nn1. The van der Waals surface area contributed by atoms with Crippen LogP contribution in [0, 0.1) is 5.82 Å².